The van der Waals surface area contributed by atoms with Gasteiger partial charge in [0.05, 0.1) is 12.1 Å². The van der Waals surface area contributed by atoms with Crippen LogP contribution in [0.5, 0.6) is 0 Å². The second-order valence-corrected chi connectivity index (χ2v) is 3.41. The third-order valence-electron chi connectivity index (χ3n) is 2.03. The van der Waals surface area contributed by atoms with Gasteiger partial charge in [0.1, 0.15) is 0 Å². The largest absolute Gasteiger partial charge is 0.433 e. The lowest BCUT2D eigenvalue weighted by molar-refractivity contribution is -0.143. The maximum absolute atomic E-state index is 12.8. The average molecular weight is 263 g/mol. The van der Waals surface area contributed by atoms with Crippen LogP contribution in [0.3, 0.4) is 0 Å². The molecule has 0 aliphatic carbocycles. The van der Waals surface area contributed by atoms with Crippen LogP contribution in [0.25, 0.3) is 5.82 Å². The Morgan fingerprint density at radius 1 is 1.35 bits per heavy atom. The van der Waals surface area contributed by atoms with Crippen LogP contribution in [0, 0.1) is 0 Å². The zero-order valence-electron chi connectivity index (χ0n) is 8.32. The highest BCUT2D eigenvalue weighted by atomic mass is 35.5. The first kappa shape index (κ1) is 11.8. The van der Waals surface area contributed by atoms with Gasteiger partial charge in [-0.05, 0) is 12.1 Å². The molecule has 0 aliphatic rings. The first-order chi connectivity index (χ1) is 8.04. The van der Waals surface area contributed by atoms with Crippen molar-refractivity contribution in [1.29, 1.82) is 0 Å². The summed E-state index contributed by atoms with van der Waals surface area (Å²) in [5.41, 5.74) is -1.02. The fourth-order valence-corrected chi connectivity index (χ4v) is 1.56. The van der Waals surface area contributed by atoms with Crippen molar-refractivity contribution in [3.05, 3.63) is 35.8 Å². The highest BCUT2D eigenvalue weighted by molar-refractivity contribution is 6.17. The molecule has 0 saturated heterocycles. The summed E-state index contributed by atoms with van der Waals surface area (Å²) in [7, 11) is 0. The normalized spacial score (nSPS) is 11.8. The van der Waals surface area contributed by atoms with Gasteiger partial charge in [-0.25, -0.2) is 4.68 Å². The zero-order valence-corrected chi connectivity index (χ0v) is 9.07. The van der Waals surface area contributed by atoms with Crippen molar-refractivity contribution >= 4 is 11.6 Å². The predicted molar refractivity (Wildman–Crippen MR) is 53.7 cm³/mol. The quantitative estimate of drug-likeness (QED) is 0.781. The molecule has 17 heavy (non-hydrogen) atoms. The van der Waals surface area contributed by atoms with E-state index in [1.807, 2.05) is 0 Å². The smallest absolute Gasteiger partial charge is 0.208 e. The van der Waals surface area contributed by atoms with Crippen molar-refractivity contribution in [2.45, 2.75) is 12.1 Å². The molecule has 0 radical (unpaired) electrons. The van der Waals surface area contributed by atoms with E-state index in [1.165, 1.54) is 18.3 Å². The van der Waals surface area contributed by atoms with Gasteiger partial charge in [0.15, 0.2) is 11.5 Å². The Balaban J connectivity index is 2.60. The van der Waals surface area contributed by atoms with E-state index < -0.39 is 11.9 Å². The molecule has 0 bridgehead atoms. The average Bonchev–Trinajstić information content (AvgIpc) is 2.73. The van der Waals surface area contributed by atoms with Gasteiger partial charge in [-0.15, -0.1) is 16.7 Å². The second-order valence-electron chi connectivity index (χ2n) is 3.14. The molecule has 2 aromatic heterocycles. The SMILES string of the molecule is FC(F)(F)c1c(CCl)cnn1-c1cccnn1. The van der Waals surface area contributed by atoms with Gasteiger partial charge in [0.25, 0.3) is 0 Å². The van der Waals surface area contributed by atoms with E-state index in [1.54, 1.807) is 0 Å². The minimum absolute atomic E-state index is 0.00353. The predicted octanol–water partition coefficient (Wildman–Crippen LogP) is 2.42. The van der Waals surface area contributed by atoms with Crippen LogP contribution < -0.4 is 0 Å². The Bertz CT molecular complexity index is 509. The number of hydrogen-bond donors (Lipinski definition) is 0. The van der Waals surface area contributed by atoms with E-state index in [2.05, 4.69) is 15.3 Å². The highest BCUT2D eigenvalue weighted by Gasteiger charge is 2.38. The summed E-state index contributed by atoms with van der Waals surface area (Å²) in [4.78, 5) is 0. The molecule has 0 amide bonds. The number of nitrogens with zero attached hydrogens (tertiary/aromatic N) is 4. The van der Waals surface area contributed by atoms with Crippen LogP contribution in [-0.2, 0) is 12.1 Å². The molecule has 0 saturated carbocycles. The lowest BCUT2D eigenvalue weighted by Crippen LogP contribution is -2.16. The van der Waals surface area contributed by atoms with Gasteiger partial charge >= 0.3 is 6.18 Å². The van der Waals surface area contributed by atoms with E-state index in [0.29, 0.717) is 4.68 Å². The molecule has 4 nitrogen and oxygen atoms in total. The molecule has 0 N–H and O–H groups in total. The molecule has 0 aliphatic heterocycles. The lowest BCUT2D eigenvalue weighted by atomic mass is 10.2. The lowest BCUT2D eigenvalue weighted by Gasteiger charge is -2.10. The summed E-state index contributed by atoms with van der Waals surface area (Å²) in [5, 5.41) is 10.7. The van der Waals surface area contributed by atoms with Crippen molar-refractivity contribution in [3.8, 4) is 5.82 Å². The fourth-order valence-electron chi connectivity index (χ4n) is 1.36. The van der Waals surface area contributed by atoms with Gasteiger partial charge in [-0.2, -0.15) is 23.4 Å². The Morgan fingerprint density at radius 2 is 2.12 bits per heavy atom. The Hall–Kier alpha value is -1.63. The highest BCUT2D eigenvalue weighted by Crippen LogP contribution is 2.33. The minimum Gasteiger partial charge on any atom is -0.208 e. The molecule has 0 unspecified atom stereocenters. The third kappa shape index (κ3) is 2.23. The third-order valence-corrected chi connectivity index (χ3v) is 2.32. The number of halogens is 4. The molecule has 0 aromatic carbocycles. The van der Waals surface area contributed by atoms with Gasteiger partial charge < -0.3 is 0 Å². The number of alkyl halides is 4. The van der Waals surface area contributed by atoms with E-state index in [4.69, 9.17) is 11.6 Å². The van der Waals surface area contributed by atoms with Gasteiger partial charge in [0, 0.05) is 11.8 Å². The van der Waals surface area contributed by atoms with Crippen molar-refractivity contribution in [2.75, 3.05) is 0 Å². The maximum atomic E-state index is 12.8. The minimum atomic E-state index is -4.54. The van der Waals surface area contributed by atoms with Crippen molar-refractivity contribution in [2.24, 2.45) is 0 Å². The van der Waals surface area contributed by atoms with Gasteiger partial charge in [-0.3, -0.25) is 0 Å². The summed E-state index contributed by atoms with van der Waals surface area (Å²) < 4.78 is 39.2. The number of aromatic nitrogens is 4. The van der Waals surface area contributed by atoms with E-state index in [0.717, 1.165) is 6.20 Å². The molecule has 2 rings (SSSR count). The topological polar surface area (TPSA) is 43.6 Å². The van der Waals surface area contributed by atoms with Gasteiger partial charge in [0.2, 0.25) is 0 Å². The molecule has 90 valence electrons. The zero-order chi connectivity index (χ0) is 12.5. The fraction of sp³-hybridized carbons (Fsp3) is 0.222. The Labute approximate surface area is 99.0 Å². The summed E-state index contributed by atoms with van der Waals surface area (Å²) >= 11 is 5.45. The van der Waals surface area contributed by atoms with E-state index in [-0.39, 0.29) is 17.3 Å². The van der Waals surface area contributed by atoms with E-state index >= 15 is 0 Å². The summed E-state index contributed by atoms with van der Waals surface area (Å²) in [6, 6.07) is 2.86. The van der Waals surface area contributed by atoms with Crippen LogP contribution in [0.2, 0.25) is 0 Å². The van der Waals surface area contributed by atoms with Gasteiger partial charge in [-0.1, -0.05) is 0 Å². The maximum Gasteiger partial charge on any atom is 0.433 e. The van der Waals surface area contributed by atoms with Crippen LogP contribution in [0.1, 0.15) is 11.3 Å². The Kier molecular flexibility index (Phi) is 3.01. The van der Waals surface area contributed by atoms with Crippen molar-refractivity contribution < 1.29 is 13.2 Å². The monoisotopic (exact) mass is 262 g/mol. The van der Waals surface area contributed by atoms with Crippen molar-refractivity contribution in [1.82, 2.24) is 20.0 Å². The molecular weight excluding hydrogens is 257 g/mol. The number of hydrogen-bond acceptors (Lipinski definition) is 3. The summed E-state index contributed by atoms with van der Waals surface area (Å²) in [6.07, 6.45) is -2.11. The van der Waals surface area contributed by atoms with Crippen LogP contribution >= 0.6 is 11.6 Å². The van der Waals surface area contributed by atoms with Crippen molar-refractivity contribution in [3.63, 3.8) is 0 Å². The number of rotatable bonds is 2. The second kappa shape index (κ2) is 4.33. The molecule has 2 aromatic rings. The first-order valence-corrected chi connectivity index (χ1v) is 5.05. The molecule has 0 fully saturated rings. The van der Waals surface area contributed by atoms with Crippen LogP contribution in [-0.4, -0.2) is 20.0 Å². The molecule has 8 heteroatoms. The molecule has 2 heterocycles. The van der Waals surface area contributed by atoms with E-state index in [9.17, 15) is 13.2 Å². The first-order valence-electron chi connectivity index (χ1n) is 4.52. The molecule has 0 atom stereocenters. The Morgan fingerprint density at radius 3 is 2.65 bits per heavy atom. The van der Waals surface area contributed by atoms with Crippen LogP contribution in [0.4, 0.5) is 13.2 Å². The van der Waals surface area contributed by atoms with Crippen LogP contribution in [0.15, 0.2) is 24.5 Å². The standard InChI is InChI=1S/C9H6ClF3N4/c10-4-6-5-15-17(8(6)9(11,12)13)7-2-1-3-14-16-7/h1-3,5H,4H2. The summed E-state index contributed by atoms with van der Waals surface area (Å²) in [6.45, 7) is 0. The summed E-state index contributed by atoms with van der Waals surface area (Å²) in [5.74, 6) is -0.272. The molecule has 0 spiro atoms. The molecular formula is C9H6ClF3N4.